The van der Waals surface area contributed by atoms with Gasteiger partial charge in [-0.05, 0) is 50.0 Å². The second-order valence-electron chi connectivity index (χ2n) is 8.48. The number of nitrogens with one attached hydrogen (secondary N) is 2. The average Bonchev–Trinajstić information content (AvgIpc) is 3.50. The molecule has 0 spiro atoms. The highest BCUT2D eigenvalue weighted by atomic mass is 127. The van der Waals surface area contributed by atoms with E-state index < -0.39 is 0 Å². The lowest BCUT2D eigenvalue weighted by atomic mass is 10.1. The topological polar surface area (TPSA) is 78.4 Å². The molecule has 1 amide bonds. The third-order valence-electron chi connectivity index (χ3n) is 6.00. The largest absolute Gasteiger partial charge is 0.497 e. The van der Waals surface area contributed by atoms with Crippen LogP contribution in [0.3, 0.4) is 0 Å². The molecule has 2 aliphatic heterocycles. The summed E-state index contributed by atoms with van der Waals surface area (Å²) in [5, 5.41) is 6.92. The van der Waals surface area contributed by atoms with Gasteiger partial charge in [0.15, 0.2) is 5.96 Å². The van der Waals surface area contributed by atoms with Crippen LogP contribution in [0.25, 0.3) is 0 Å². The zero-order valence-corrected chi connectivity index (χ0v) is 21.8. The molecule has 1 aromatic rings. The number of carbonyl (C=O) groups excluding carboxylic acids is 1. The van der Waals surface area contributed by atoms with E-state index in [4.69, 9.17) is 9.47 Å². The standard InChI is InChI=1S/C23H37N5O3.HI/c1-27(2)22(29)16-26-23(24-14-18-10-13-31-17-18)25-15-21(28-11-4-5-12-28)19-6-8-20(30-3)9-7-19;/h6-9,18,21H,4-5,10-17H2,1-3H3,(H2,24,25,26);1H. The quantitative estimate of drug-likeness (QED) is 0.274. The van der Waals surface area contributed by atoms with Crippen LogP contribution >= 0.6 is 24.0 Å². The maximum Gasteiger partial charge on any atom is 0.243 e. The molecule has 2 atom stereocenters. The molecule has 2 aliphatic rings. The van der Waals surface area contributed by atoms with Crippen molar-refractivity contribution in [3.63, 3.8) is 0 Å². The van der Waals surface area contributed by atoms with E-state index in [2.05, 4.69) is 32.7 Å². The molecule has 2 fully saturated rings. The van der Waals surface area contributed by atoms with Gasteiger partial charge in [0.05, 0.1) is 19.8 Å². The van der Waals surface area contributed by atoms with E-state index in [1.807, 2.05) is 12.1 Å². The number of likely N-dealkylation sites (tertiary alicyclic amines) is 1. The predicted octanol–water partition coefficient (Wildman–Crippen LogP) is 2.11. The summed E-state index contributed by atoms with van der Waals surface area (Å²) >= 11 is 0. The first kappa shape index (κ1) is 26.7. The van der Waals surface area contributed by atoms with Gasteiger partial charge in [-0.2, -0.15) is 0 Å². The molecule has 0 radical (unpaired) electrons. The van der Waals surface area contributed by atoms with Crippen molar-refractivity contribution in [1.82, 2.24) is 20.4 Å². The van der Waals surface area contributed by atoms with E-state index in [0.29, 0.717) is 11.9 Å². The predicted molar refractivity (Wildman–Crippen MR) is 138 cm³/mol. The maximum absolute atomic E-state index is 12.1. The molecular weight excluding hydrogens is 521 g/mol. The number of carbonyl (C=O) groups is 1. The van der Waals surface area contributed by atoms with Crippen molar-refractivity contribution in [1.29, 1.82) is 0 Å². The van der Waals surface area contributed by atoms with Gasteiger partial charge in [-0.25, -0.2) is 4.99 Å². The van der Waals surface area contributed by atoms with E-state index in [1.165, 1.54) is 18.4 Å². The van der Waals surface area contributed by atoms with Crippen molar-refractivity contribution < 1.29 is 14.3 Å². The molecule has 9 heteroatoms. The molecule has 1 aromatic carbocycles. The van der Waals surface area contributed by atoms with Crippen molar-refractivity contribution >= 4 is 35.8 Å². The van der Waals surface area contributed by atoms with Crippen LogP contribution in [0.15, 0.2) is 29.3 Å². The molecular formula is C23H38IN5O3. The van der Waals surface area contributed by atoms with Crippen LogP contribution in [-0.4, -0.2) is 88.8 Å². The number of nitrogens with zero attached hydrogens (tertiary/aromatic N) is 3. The first-order valence-electron chi connectivity index (χ1n) is 11.2. The van der Waals surface area contributed by atoms with Gasteiger partial charge in [-0.3, -0.25) is 9.69 Å². The van der Waals surface area contributed by atoms with Gasteiger partial charge in [0.25, 0.3) is 0 Å². The highest BCUT2D eigenvalue weighted by Gasteiger charge is 2.24. The lowest BCUT2D eigenvalue weighted by molar-refractivity contribution is -0.127. The van der Waals surface area contributed by atoms with Gasteiger partial charge in [0, 0.05) is 39.7 Å². The Morgan fingerprint density at radius 1 is 1.25 bits per heavy atom. The Hall–Kier alpha value is -1.59. The summed E-state index contributed by atoms with van der Waals surface area (Å²) in [6, 6.07) is 8.54. The van der Waals surface area contributed by atoms with Gasteiger partial charge in [-0.1, -0.05) is 12.1 Å². The summed E-state index contributed by atoms with van der Waals surface area (Å²) < 4.78 is 10.8. The number of likely N-dealkylation sites (N-methyl/N-ethyl adjacent to an activating group) is 1. The Kier molecular flexibility index (Phi) is 11.5. The fourth-order valence-electron chi connectivity index (χ4n) is 3.98. The minimum Gasteiger partial charge on any atom is -0.497 e. The molecule has 0 bridgehead atoms. The summed E-state index contributed by atoms with van der Waals surface area (Å²) in [5.74, 6) is 2.01. The summed E-state index contributed by atoms with van der Waals surface area (Å²) in [6.45, 7) is 5.42. The van der Waals surface area contributed by atoms with Crippen molar-refractivity contribution in [2.75, 3.05) is 67.1 Å². The first-order chi connectivity index (χ1) is 15.1. The Morgan fingerprint density at radius 3 is 2.56 bits per heavy atom. The Bertz CT molecular complexity index is 717. The number of rotatable bonds is 9. The number of aliphatic imine (C=N–C) groups is 1. The Balaban J connectivity index is 0.00000363. The van der Waals surface area contributed by atoms with Crippen molar-refractivity contribution in [2.24, 2.45) is 10.9 Å². The average molecular weight is 559 g/mol. The third-order valence-corrected chi connectivity index (χ3v) is 6.00. The van der Waals surface area contributed by atoms with E-state index in [1.54, 1.807) is 26.1 Å². The number of guanidine groups is 1. The highest BCUT2D eigenvalue weighted by molar-refractivity contribution is 14.0. The smallest absolute Gasteiger partial charge is 0.243 e. The molecule has 180 valence electrons. The SMILES string of the molecule is COc1ccc(C(CNC(=NCC(=O)N(C)C)NCC2CCOC2)N2CCCC2)cc1.I. The number of amides is 1. The van der Waals surface area contributed by atoms with Crippen LogP contribution in [0.2, 0.25) is 0 Å². The van der Waals surface area contributed by atoms with Crippen LogP contribution in [-0.2, 0) is 9.53 Å². The Morgan fingerprint density at radius 2 is 1.97 bits per heavy atom. The Labute approximate surface area is 209 Å². The minimum absolute atomic E-state index is 0. The van der Waals surface area contributed by atoms with Gasteiger partial charge in [0.2, 0.25) is 5.91 Å². The number of methoxy groups -OCH3 is 1. The number of hydrogen-bond donors (Lipinski definition) is 2. The molecule has 2 saturated heterocycles. The number of ether oxygens (including phenoxy) is 2. The van der Waals surface area contributed by atoms with Gasteiger partial charge in [-0.15, -0.1) is 24.0 Å². The summed E-state index contributed by atoms with van der Waals surface area (Å²) in [4.78, 5) is 20.7. The molecule has 3 rings (SSSR count). The second kappa shape index (κ2) is 13.8. The van der Waals surface area contributed by atoms with Gasteiger partial charge < -0.3 is 25.0 Å². The molecule has 32 heavy (non-hydrogen) atoms. The first-order valence-corrected chi connectivity index (χ1v) is 11.2. The van der Waals surface area contributed by atoms with Gasteiger partial charge in [0.1, 0.15) is 12.3 Å². The van der Waals surface area contributed by atoms with E-state index in [-0.39, 0.29) is 42.5 Å². The lowest BCUT2D eigenvalue weighted by Gasteiger charge is -2.29. The molecule has 2 unspecified atom stereocenters. The van der Waals surface area contributed by atoms with E-state index in [9.17, 15) is 4.79 Å². The zero-order valence-electron chi connectivity index (χ0n) is 19.5. The lowest BCUT2D eigenvalue weighted by Crippen LogP contribution is -2.44. The van der Waals surface area contributed by atoms with Gasteiger partial charge >= 0.3 is 0 Å². The highest BCUT2D eigenvalue weighted by Crippen LogP contribution is 2.26. The molecule has 0 saturated carbocycles. The van der Waals surface area contributed by atoms with Crippen LogP contribution in [0, 0.1) is 5.92 Å². The normalized spacial score (nSPS) is 19.8. The van der Waals surface area contributed by atoms with Crippen molar-refractivity contribution in [2.45, 2.75) is 25.3 Å². The van der Waals surface area contributed by atoms with Crippen LogP contribution in [0.4, 0.5) is 0 Å². The third kappa shape index (κ3) is 8.08. The van der Waals surface area contributed by atoms with Crippen molar-refractivity contribution in [3.8, 4) is 5.75 Å². The van der Waals surface area contributed by atoms with E-state index >= 15 is 0 Å². The molecule has 0 aromatic heterocycles. The molecule has 0 aliphatic carbocycles. The number of halogens is 1. The second-order valence-corrected chi connectivity index (χ2v) is 8.48. The fraction of sp³-hybridized carbons (Fsp3) is 0.652. The molecule has 2 heterocycles. The number of benzene rings is 1. The van der Waals surface area contributed by atoms with E-state index in [0.717, 1.165) is 51.6 Å². The fourth-order valence-corrected chi connectivity index (χ4v) is 3.98. The summed E-state index contributed by atoms with van der Waals surface area (Å²) in [5.41, 5.74) is 1.25. The van der Waals surface area contributed by atoms with Crippen LogP contribution in [0.1, 0.15) is 30.9 Å². The molecule has 2 N–H and O–H groups in total. The maximum atomic E-state index is 12.1. The summed E-state index contributed by atoms with van der Waals surface area (Å²) in [6.07, 6.45) is 3.51. The monoisotopic (exact) mass is 559 g/mol. The van der Waals surface area contributed by atoms with Crippen molar-refractivity contribution in [3.05, 3.63) is 29.8 Å². The van der Waals surface area contributed by atoms with Crippen LogP contribution < -0.4 is 15.4 Å². The number of hydrogen-bond acceptors (Lipinski definition) is 5. The molecule has 8 nitrogen and oxygen atoms in total. The van der Waals surface area contributed by atoms with Crippen LogP contribution in [0.5, 0.6) is 5.75 Å². The minimum atomic E-state index is -0.0171. The zero-order chi connectivity index (χ0) is 22.1. The summed E-state index contributed by atoms with van der Waals surface area (Å²) in [7, 11) is 5.19.